The summed E-state index contributed by atoms with van der Waals surface area (Å²) in [5.74, 6) is -2.73. The molecule has 0 heterocycles. The van der Waals surface area contributed by atoms with E-state index in [9.17, 15) is 23.7 Å². The average molecular weight is 293 g/mol. The number of nitrogens with zero attached hydrogens (tertiary/aromatic N) is 1. The molecule has 108 valence electrons. The van der Waals surface area contributed by atoms with Gasteiger partial charge < -0.3 is 11.1 Å². The summed E-state index contributed by atoms with van der Waals surface area (Å²) in [6, 6.07) is 6.15. The molecule has 6 nitrogen and oxygen atoms in total. The lowest BCUT2D eigenvalue weighted by atomic mass is 10.1. The van der Waals surface area contributed by atoms with Gasteiger partial charge in [0.2, 0.25) is 0 Å². The van der Waals surface area contributed by atoms with E-state index in [0.29, 0.717) is 6.07 Å². The van der Waals surface area contributed by atoms with E-state index in [0.717, 1.165) is 24.3 Å². The molecule has 2 rings (SSSR count). The number of hydrogen-bond donors (Lipinski definition) is 2. The fraction of sp³-hybridized carbons (Fsp3) is 0. The van der Waals surface area contributed by atoms with Gasteiger partial charge in [0.25, 0.3) is 11.6 Å². The van der Waals surface area contributed by atoms with Gasteiger partial charge in [-0.1, -0.05) is 0 Å². The van der Waals surface area contributed by atoms with Crippen LogP contribution >= 0.6 is 0 Å². The highest BCUT2D eigenvalue weighted by Crippen LogP contribution is 2.21. The minimum atomic E-state index is -0.992. The van der Waals surface area contributed by atoms with E-state index in [-0.39, 0.29) is 16.9 Å². The third kappa shape index (κ3) is 3.11. The molecule has 0 radical (unpaired) electrons. The number of nitrogens with one attached hydrogen (secondary N) is 1. The number of halogens is 2. The Balaban J connectivity index is 2.25. The topological polar surface area (TPSA) is 98.3 Å². The maximum atomic E-state index is 13.6. The van der Waals surface area contributed by atoms with Crippen LogP contribution < -0.4 is 11.1 Å². The van der Waals surface area contributed by atoms with Crippen molar-refractivity contribution >= 4 is 23.0 Å². The molecule has 0 fully saturated rings. The van der Waals surface area contributed by atoms with E-state index < -0.39 is 28.2 Å². The summed E-state index contributed by atoms with van der Waals surface area (Å²) < 4.78 is 27.2. The molecule has 0 saturated carbocycles. The van der Waals surface area contributed by atoms with Crippen molar-refractivity contribution in [1.82, 2.24) is 0 Å². The van der Waals surface area contributed by atoms with E-state index >= 15 is 0 Å². The normalized spacial score (nSPS) is 10.2. The summed E-state index contributed by atoms with van der Waals surface area (Å²) in [6.07, 6.45) is 0. The van der Waals surface area contributed by atoms with Crippen LogP contribution in [0.3, 0.4) is 0 Å². The molecular formula is C13H9F2N3O3. The minimum absolute atomic E-state index is 0.144. The number of benzene rings is 2. The lowest BCUT2D eigenvalue weighted by molar-refractivity contribution is -0.385. The Hall–Kier alpha value is -3.03. The Labute approximate surface area is 117 Å². The number of anilines is 2. The highest BCUT2D eigenvalue weighted by Gasteiger charge is 2.16. The molecule has 0 saturated heterocycles. The van der Waals surface area contributed by atoms with Crippen LogP contribution in [0.25, 0.3) is 0 Å². The molecule has 0 aliphatic rings. The van der Waals surface area contributed by atoms with Crippen LogP contribution in [0.1, 0.15) is 10.4 Å². The van der Waals surface area contributed by atoms with Crippen LogP contribution in [0.4, 0.5) is 25.8 Å². The first-order valence-corrected chi connectivity index (χ1v) is 5.69. The molecule has 21 heavy (non-hydrogen) atoms. The Morgan fingerprint density at radius 3 is 2.43 bits per heavy atom. The van der Waals surface area contributed by atoms with Crippen molar-refractivity contribution in [2.75, 3.05) is 11.1 Å². The first-order valence-electron chi connectivity index (χ1n) is 5.69. The third-order valence-corrected chi connectivity index (χ3v) is 2.65. The monoisotopic (exact) mass is 293 g/mol. The van der Waals surface area contributed by atoms with Gasteiger partial charge in [0.15, 0.2) is 5.82 Å². The van der Waals surface area contributed by atoms with Gasteiger partial charge in [0, 0.05) is 11.8 Å². The highest BCUT2D eigenvalue weighted by molar-refractivity contribution is 6.04. The van der Waals surface area contributed by atoms with Crippen molar-refractivity contribution in [1.29, 1.82) is 0 Å². The maximum Gasteiger partial charge on any atom is 0.272 e. The van der Waals surface area contributed by atoms with Gasteiger partial charge in [-0.3, -0.25) is 14.9 Å². The van der Waals surface area contributed by atoms with E-state index in [1.165, 1.54) is 6.07 Å². The van der Waals surface area contributed by atoms with Gasteiger partial charge in [-0.25, -0.2) is 8.78 Å². The van der Waals surface area contributed by atoms with Gasteiger partial charge in [-0.05, 0) is 24.3 Å². The van der Waals surface area contributed by atoms with Crippen molar-refractivity contribution in [3.63, 3.8) is 0 Å². The largest absolute Gasteiger partial charge is 0.399 e. The fourth-order valence-corrected chi connectivity index (χ4v) is 1.62. The van der Waals surface area contributed by atoms with Gasteiger partial charge >= 0.3 is 0 Å². The highest BCUT2D eigenvalue weighted by atomic mass is 19.1. The summed E-state index contributed by atoms with van der Waals surface area (Å²) in [6.45, 7) is 0. The third-order valence-electron chi connectivity index (χ3n) is 2.65. The smallest absolute Gasteiger partial charge is 0.272 e. The summed E-state index contributed by atoms with van der Waals surface area (Å²) >= 11 is 0. The summed E-state index contributed by atoms with van der Waals surface area (Å²) in [5, 5.41) is 12.6. The quantitative estimate of drug-likeness (QED) is 0.516. The molecule has 0 unspecified atom stereocenters. The first kappa shape index (κ1) is 14.4. The second kappa shape index (κ2) is 5.53. The van der Waals surface area contributed by atoms with Crippen LogP contribution in [-0.2, 0) is 0 Å². The maximum absolute atomic E-state index is 13.6. The molecule has 0 atom stereocenters. The molecule has 0 aliphatic carbocycles. The molecule has 0 bridgehead atoms. The van der Waals surface area contributed by atoms with Crippen LogP contribution in [0.15, 0.2) is 36.4 Å². The molecule has 0 spiro atoms. The zero-order valence-electron chi connectivity index (χ0n) is 10.5. The number of nitrogen functional groups attached to an aromatic ring is 1. The Morgan fingerprint density at radius 2 is 1.86 bits per heavy atom. The standard InChI is InChI=1S/C13H9F2N3O3/c14-10-5-7(16)1-3-9(10)13(19)17-12-4-2-8(18(20)21)6-11(12)15/h1-6H,16H2,(H,17,19). The predicted octanol–water partition coefficient (Wildman–Crippen LogP) is 2.71. The lowest BCUT2D eigenvalue weighted by Gasteiger charge is -2.07. The van der Waals surface area contributed by atoms with Crippen molar-refractivity contribution in [2.45, 2.75) is 0 Å². The second-order valence-electron chi connectivity index (χ2n) is 4.11. The Kier molecular flexibility index (Phi) is 3.79. The van der Waals surface area contributed by atoms with Crippen molar-refractivity contribution in [2.24, 2.45) is 0 Å². The van der Waals surface area contributed by atoms with Crippen LogP contribution in [0.2, 0.25) is 0 Å². The number of nitro benzene ring substituents is 1. The number of nitro groups is 1. The summed E-state index contributed by atoms with van der Waals surface area (Å²) in [7, 11) is 0. The van der Waals surface area contributed by atoms with Gasteiger partial charge in [0.05, 0.1) is 22.2 Å². The van der Waals surface area contributed by atoms with E-state index in [1.54, 1.807) is 0 Å². The zero-order valence-corrected chi connectivity index (χ0v) is 10.5. The minimum Gasteiger partial charge on any atom is -0.399 e. The van der Waals surface area contributed by atoms with E-state index in [1.807, 2.05) is 0 Å². The van der Waals surface area contributed by atoms with E-state index in [2.05, 4.69) is 5.32 Å². The number of hydrogen-bond acceptors (Lipinski definition) is 4. The molecule has 1 amide bonds. The number of rotatable bonds is 3. The molecule has 0 aromatic heterocycles. The van der Waals surface area contributed by atoms with Gasteiger partial charge in [-0.2, -0.15) is 0 Å². The molecule has 0 aliphatic heterocycles. The number of carbonyl (C=O) groups excluding carboxylic acids is 1. The summed E-state index contributed by atoms with van der Waals surface area (Å²) in [4.78, 5) is 21.5. The molecule has 8 heteroatoms. The predicted molar refractivity (Wildman–Crippen MR) is 71.8 cm³/mol. The van der Waals surface area contributed by atoms with Gasteiger partial charge in [0.1, 0.15) is 5.82 Å². The fourth-order valence-electron chi connectivity index (χ4n) is 1.62. The summed E-state index contributed by atoms with van der Waals surface area (Å²) in [5.41, 5.74) is 4.44. The second-order valence-corrected chi connectivity index (χ2v) is 4.11. The van der Waals surface area contributed by atoms with Crippen molar-refractivity contribution < 1.29 is 18.5 Å². The molecule has 2 aromatic rings. The molecule has 3 N–H and O–H groups in total. The Morgan fingerprint density at radius 1 is 1.14 bits per heavy atom. The molecular weight excluding hydrogens is 284 g/mol. The Bertz CT molecular complexity index is 735. The molecule has 2 aromatic carbocycles. The lowest BCUT2D eigenvalue weighted by Crippen LogP contribution is -2.15. The zero-order chi connectivity index (χ0) is 15.6. The first-order chi connectivity index (χ1) is 9.88. The average Bonchev–Trinajstić information content (AvgIpc) is 2.40. The van der Waals surface area contributed by atoms with Crippen LogP contribution in [-0.4, -0.2) is 10.8 Å². The van der Waals surface area contributed by atoms with Crippen molar-refractivity contribution in [3.8, 4) is 0 Å². The van der Waals surface area contributed by atoms with Crippen molar-refractivity contribution in [3.05, 3.63) is 63.7 Å². The SMILES string of the molecule is Nc1ccc(C(=O)Nc2ccc([N+](=O)[O-])cc2F)c(F)c1. The number of carbonyl (C=O) groups is 1. The van der Waals surface area contributed by atoms with Crippen LogP contribution in [0, 0.1) is 21.7 Å². The van der Waals surface area contributed by atoms with Crippen LogP contribution in [0.5, 0.6) is 0 Å². The van der Waals surface area contributed by atoms with Gasteiger partial charge in [-0.15, -0.1) is 0 Å². The van der Waals surface area contributed by atoms with E-state index in [4.69, 9.17) is 5.73 Å². The number of amides is 1. The number of non-ortho nitro benzene ring substituents is 1. The number of nitrogens with two attached hydrogens (primary N) is 1.